The van der Waals surface area contributed by atoms with Gasteiger partial charge in [0.2, 0.25) is 5.69 Å². The summed E-state index contributed by atoms with van der Waals surface area (Å²) in [5, 5.41) is 15.9. The molecule has 3 rings (SSSR count). The largest absolute Gasteiger partial charge is 0.472 e. The van der Waals surface area contributed by atoms with E-state index in [-0.39, 0.29) is 29.6 Å². The van der Waals surface area contributed by atoms with Crippen LogP contribution in [0.1, 0.15) is 46.7 Å². The fourth-order valence-electron chi connectivity index (χ4n) is 2.66. The molecule has 8 nitrogen and oxygen atoms in total. The minimum Gasteiger partial charge on any atom is -0.472 e. The third-order valence-electron chi connectivity index (χ3n) is 3.92. The van der Waals surface area contributed by atoms with Crippen LogP contribution in [0.15, 0.2) is 12.4 Å². The van der Waals surface area contributed by atoms with E-state index >= 15 is 0 Å². The van der Waals surface area contributed by atoms with Gasteiger partial charge in [-0.1, -0.05) is 4.49 Å². The highest BCUT2D eigenvalue weighted by Crippen LogP contribution is 2.24. The topological polar surface area (TPSA) is 114 Å². The molecule has 2 aromatic heterocycles. The molecule has 0 aromatic carbocycles. The number of nitrogens with zero attached hydrogens (tertiary/aromatic N) is 5. The zero-order chi connectivity index (χ0) is 16.9. The molecule has 1 fully saturated rings. The van der Waals surface area contributed by atoms with Crippen molar-refractivity contribution in [3.63, 3.8) is 0 Å². The molecule has 1 N–H and O–H groups in total. The Labute approximate surface area is 143 Å². The summed E-state index contributed by atoms with van der Waals surface area (Å²) < 4.78 is 9.58. The Balaban J connectivity index is 1.52. The second kappa shape index (κ2) is 7.31. The van der Waals surface area contributed by atoms with Crippen molar-refractivity contribution < 1.29 is 9.53 Å². The Morgan fingerprint density at radius 1 is 1.33 bits per heavy atom. The molecule has 2 heterocycles. The molecule has 1 aliphatic rings. The number of ether oxygens (including phenoxy) is 1. The first-order valence-corrected chi connectivity index (χ1v) is 8.42. The van der Waals surface area contributed by atoms with Crippen LogP contribution in [0.2, 0.25) is 0 Å². The lowest BCUT2D eigenvalue weighted by atomic mass is 9.93. The molecular formula is C15H16N6O2S. The Morgan fingerprint density at radius 2 is 2.08 bits per heavy atom. The van der Waals surface area contributed by atoms with Gasteiger partial charge in [-0.2, -0.15) is 5.26 Å². The van der Waals surface area contributed by atoms with Crippen molar-refractivity contribution in [3.8, 4) is 11.9 Å². The quantitative estimate of drug-likeness (QED) is 0.896. The van der Waals surface area contributed by atoms with Gasteiger partial charge in [-0.3, -0.25) is 4.79 Å². The number of rotatable bonds is 4. The van der Waals surface area contributed by atoms with Gasteiger partial charge < -0.3 is 10.1 Å². The summed E-state index contributed by atoms with van der Waals surface area (Å²) in [6.07, 6.45) is 6.14. The summed E-state index contributed by atoms with van der Waals surface area (Å²) >= 11 is 1.11. The number of hydrogen-bond donors (Lipinski definition) is 1. The molecule has 1 aliphatic carbocycles. The number of hydrogen-bond acceptors (Lipinski definition) is 8. The van der Waals surface area contributed by atoms with Crippen LogP contribution in [0, 0.1) is 18.3 Å². The molecule has 1 saturated carbocycles. The lowest BCUT2D eigenvalue weighted by Crippen LogP contribution is -2.39. The van der Waals surface area contributed by atoms with Gasteiger partial charge in [0, 0.05) is 18.4 Å². The Hall–Kier alpha value is -2.60. The van der Waals surface area contributed by atoms with Crippen LogP contribution in [0.4, 0.5) is 0 Å². The predicted octanol–water partition coefficient (Wildman–Crippen LogP) is 1.63. The summed E-state index contributed by atoms with van der Waals surface area (Å²) in [4.78, 5) is 20.7. The maximum atomic E-state index is 12.2. The van der Waals surface area contributed by atoms with E-state index in [1.807, 2.05) is 6.07 Å². The summed E-state index contributed by atoms with van der Waals surface area (Å²) in [5.74, 6) is 0.159. The third-order valence-corrected chi connectivity index (χ3v) is 4.74. The zero-order valence-electron chi connectivity index (χ0n) is 13.1. The van der Waals surface area contributed by atoms with Crippen LogP contribution in [0.5, 0.6) is 5.88 Å². The number of aryl methyl sites for hydroxylation is 1. The van der Waals surface area contributed by atoms with Gasteiger partial charge in [0.1, 0.15) is 17.1 Å². The van der Waals surface area contributed by atoms with E-state index in [4.69, 9.17) is 10.00 Å². The highest BCUT2D eigenvalue weighted by molar-refractivity contribution is 7.08. The standard InChI is InChI=1S/C15H16N6O2S/c1-9-13(24-21-20-9)14(22)19-10-2-4-11(5-3-10)23-15-12(8-16)17-6-7-18-15/h6-7,10-11H,2-5H2,1H3,(H,19,22). The number of carbonyl (C=O) groups is 1. The van der Waals surface area contributed by atoms with E-state index in [2.05, 4.69) is 24.9 Å². The van der Waals surface area contributed by atoms with Crippen LogP contribution >= 0.6 is 11.5 Å². The highest BCUT2D eigenvalue weighted by atomic mass is 32.1. The summed E-state index contributed by atoms with van der Waals surface area (Å²) in [7, 11) is 0. The van der Waals surface area contributed by atoms with E-state index in [9.17, 15) is 4.79 Å². The summed E-state index contributed by atoms with van der Waals surface area (Å²) in [6, 6.07) is 2.08. The maximum Gasteiger partial charge on any atom is 0.265 e. The first-order valence-electron chi connectivity index (χ1n) is 7.65. The third kappa shape index (κ3) is 3.65. The molecule has 0 atom stereocenters. The zero-order valence-corrected chi connectivity index (χ0v) is 13.9. The summed E-state index contributed by atoms with van der Waals surface area (Å²) in [6.45, 7) is 1.77. The monoisotopic (exact) mass is 344 g/mol. The van der Waals surface area contributed by atoms with Crippen LogP contribution in [-0.2, 0) is 0 Å². The van der Waals surface area contributed by atoms with Crippen molar-refractivity contribution in [1.29, 1.82) is 5.26 Å². The van der Waals surface area contributed by atoms with Crippen molar-refractivity contribution in [2.24, 2.45) is 0 Å². The van der Waals surface area contributed by atoms with Crippen LogP contribution in [0.25, 0.3) is 0 Å². The molecule has 24 heavy (non-hydrogen) atoms. The van der Waals surface area contributed by atoms with Crippen molar-refractivity contribution in [3.05, 3.63) is 28.7 Å². The summed E-state index contributed by atoms with van der Waals surface area (Å²) in [5.41, 5.74) is 0.849. The first-order chi connectivity index (χ1) is 11.7. The highest BCUT2D eigenvalue weighted by Gasteiger charge is 2.26. The lowest BCUT2D eigenvalue weighted by Gasteiger charge is -2.29. The fourth-order valence-corrected chi connectivity index (χ4v) is 3.22. The molecule has 2 aromatic rings. The number of aromatic nitrogens is 4. The second-order valence-electron chi connectivity index (χ2n) is 5.57. The molecule has 1 amide bonds. The number of carbonyl (C=O) groups excluding carboxylic acids is 1. The van der Waals surface area contributed by atoms with Crippen molar-refractivity contribution >= 4 is 17.4 Å². The molecule has 0 unspecified atom stereocenters. The maximum absolute atomic E-state index is 12.2. The fraction of sp³-hybridized carbons (Fsp3) is 0.467. The van der Waals surface area contributed by atoms with Crippen molar-refractivity contribution in [1.82, 2.24) is 24.9 Å². The van der Waals surface area contributed by atoms with Gasteiger partial charge in [0.05, 0.1) is 5.69 Å². The van der Waals surface area contributed by atoms with E-state index in [1.165, 1.54) is 12.4 Å². The normalized spacial score (nSPS) is 20.2. The van der Waals surface area contributed by atoms with Gasteiger partial charge in [-0.05, 0) is 44.1 Å². The van der Waals surface area contributed by atoms with E-state index < -0.39 is 0 Å². The Bertz CT molecular complexity index is 763. The predicted molar refractivity (Wildman–Crippen MR) is 85.5 cm³/mol. The van der Waals surface area contributed by atoms with Gasteiger partial charge in [0.25, 0.3) is 11.8 Å². The molecule has 0 bridgehead atoms. The minimum atomic E-state index is -0.118. The molecule has 0 aliphatic heterocycles. The van der Waals surface area contributed by atoms with Gasteiger partial charge in [-0.25, -0.2) is 9.97 Å². The number of nitrogens with one attached hydrogen (secondary N) is 1. The molecule has 0 spiro atoms. The SMILES string of the molecule is Cc1nnsc1C(=O)NC1CCC(Oc2nccnc2C#N)CC1. The van der Waals surface area contributed by atoms with E-state index in [0.717, 1.165) is 37.2 Å². The minimum absolute atomic E-state index is 0.0197. The smallest absolute Gasteiger partial charge is 0.265 e. The average molecular weight is 344 g/mol. The van der Waals surface area contributed by atoms with Crippen LogP contribution < -0.4 is 10.1 Å². The van der Waals surface area contributed by atoms with Crippen LogP contribution in [-0.4, -0.2) is 37.6 Å². The first kappa shape index (κ1) is 16.3. The molecule has 0 radical (unpaired) electrons. The average Bonchev–Trinajstić information content (AvgIpc) is 3.03. The molecule has 9 heteroatoms. The van der Waals surface area contributed by atoms with Gasteiger partial charge >= 0.3 is 0 Å². The molecule has 0 saturated heterocycles. The number of amides is 1. The van der Waals surface area contributed by atoms with Gasteiger partial charge in [0.15, 0.2) is 0 Å². The van der Waals surface area contributed by atoms with E-state index in [1.54, 1.807) is 6.92 Å². The second-order valence-corrected chi connectivity index (χ2v) is 6.33. The Morgan fingerprint density at radius 3 is 2.75 bits per heavy atom. The lowest BCUT2D eigenvalue weighted by molar-refractivity contribution is 0.0892. The molecule has 124 valence electrons. The van der Waals surface area contributed by atoms with Crippen molar-refractivity contribution in [2.75, 3.05) is 0 Å². The van der Waals surface area contributed by atoms with Crippen LogP contribution in [0.3, 0.4) is 0 Å². The van der Waals surface area contributed by atoms with Gasteiger partial charge in [-0.15, -0.1) is 5.10 Å². The van der Waals surface area contributed by atoms with Crippen molar-refractivity contribution in [2.45, 2.75) is 44.8 Å². The molecular weight excluding hydrogens is 328 g/mol. The van der Waals surface area contributed by atoms with E-state index in [0.29, 0.717) is 10.6 Å². The Kier molecular flexibility index (Phi) is 4.96. The number of nitriles is 1.